The molecule has 0 spiro atoms. The van der Waals surface area contributed by atoms with Gasteiger partial charge in [0.1, 0.15) is 9.84 Å². The van der Waals surface area contributed by atoms with E-state index in [9.17, 15) is 13.2 Å². The number of amides is 1. The normalized spacial score (nSPS) is 13.3. The molecule has 1 heterocycles. The molecule has 0 aliphatic carbocycles. The molecule has 0 fully saturated rings. The number of hydrogen-bond donors (Lipinski definition) is 3. The van der Waals surface area contributed by atoms with E-state index in [1.165, 1.54) is 0 Å². The third-order valence-corrected chi connectivity index (χ3v) is 3.82. The fourth-order valence-corrected chi connectivity index (χ4v) is 2.41. The smallest absolute Gasteiger partial charge is 0.241 e. The summed E-state index contributed by atoms with van der Waals surface area (Å²) in [5.74, 6) is -0.515. The van der Waals surface area contributed by atoms with Crippen LogP contribution in [0.4, 0.5) is 5.69 Å². The van der Waals surface area contributed by atoms with Crippen molar-refractivity contribution in [2.45, 2.75) is 12.5 Å². The number of carbonyl (C=O) groups is 1. The Kier molecular flexibility index (Phi) is 4.05. The summed E-state index contributed by atoms with van der Waals surface area (Å²) < 4.78 is 22.1. The van der Waals surface area contributed by atoms with Gasteiger partial charge in [-0.1, -0.05) is 0 Å². The van der Waals surface area contributed by atoms with Crippen LogP contribution in [0.5, 0.6) is 0 Å². The first kappa shape index (κ1) is 14.5. The Hall–Kier alpha value is -1.93. The number of sulfone groups is 1. The molecular formula is C12H16N4O3S. The number of anilines is 1. The molecule has 1 unspecified atom stereocenters. The molecule has 0 bridgehead atoms. The molecule has 1 aromatic carbocycles. The zero-order valence-electron chi connectivity index (χ0n) is 11.0. The predicted octanol–water partition coefficient (Wildman–Crippen LogP) is 0.263. The molecular weight excluding hydrogens is 280 g/mol. The first-order valence-corrected chi connectivity index (χ1v) is 8.08. The van der Waals surface area contributed by atoms with Gasteiger partial charge in [0.25, 0.3) is 0 Å². The molecule has 0 saturated carbocycles. The molecule has 8 heteroatoms. The van der Waals surface area contributed by atoms with E-state index in [1.807, 2.05) is 0 Å². The number of carbonyl (C=O) groups excluding carboxylic acids is 1. The lowest BCUT2D eigenvalue weighted by Gasteiger charge is -2.11. The summed E-state index contributed by atoms with van der Waals surface area (Å²) >= 11 is 0. The molecule has 7 nitrogen and oxygen atoms in total. The summed E-state index contributed by atoms with van der Waals surface area (Å²) in [7, 11) is -3.12. The van der Waals surface area contributed by atoms with Gasteiger partial charge in [-0.3, -0.25) is 9.89 Å². The van der Waals surface area contributed by atoms with Gasteiger partial charge in [-0.05, 0) is 24.6 Å². The first-order chi connectivity index (χ1) is 9.35. The molecule has 20 heavy (non-hydrogen) atoms. The molecule has 0 aliphatic heterocycles. The Morgan fingerprint density at radius 3 is 2.95 bits per heavy atom. The number of benzene rings is 1. The van der Waals surface area contributed by atoms with Crippen LogP contribution in [0.3, 0.4) is 0 Å². The average Bonchev–Trinajstić information content (AvgIpc) is 2.82. The standard InChI is InChI=1S/C12H16N4O3S/c1-20(18,19)5-4-10(13)12(17)15-9-2-3-11-8(6-9)7-14-16-11/h2-3,6-7,10H,4-5,13H2,1H3,(H,14,16)(H,15,17). The van der Waals surface area contributed by atoms with Crippen molar-refractivity contribution in [3.63, 3.8) is 0 Å². The molecule has 1 aromatic heterocycles. The maximum atomic E-state index is 11.8. The lowest BCUT2D eigenvalue weighted by molar-refractivity contribution is -0.117. The Morgan fingerprint density at radius 2 is 2.25 bits per heavy atom. The molecule has 1 amide bonds. The van der Waals surface area contributed by atoms with Crippen molar-refractivity contribution in [3.05, 3.63) is 24.4 Å². The van der Waals surface area contributed by atoms with Gasteiger partial charge in [-0.2, -0.15) is 5.10 Å². The molecule has 0 radical (unpaired) electrons. The van der Waals surface area contributed by atoms with Gasteiger partial charge in [0, 0.05) is 17.3 Å². The number of nitrogens with zero attached hydrogens (tertiary/aromatic N) is 1. The number of H-pyrrole nitrogens is 1. The second-order valence-corrected chi connectivity index (χ2v) is 6.95. The van der Waals surface area contributed by atoms with Gasteiger partial charge >= 0.3 is 0 Å². The molecule has 2 rings (SSSR count). The van der Waals surface area contributed by atoms with Gasteiger partial charge in [-0.25, -0.2) is 8.42 Å². The minimum absolute atomic E-state index is 0.0959. The van der Waals surface area contributed by atoms with E-state index in [0.717, 1.165) is 17.2 Å². The summed E-state index contributed by atoms with van der Waals surface area (Å²) in [6.45, 7) is 0. The summed E-state index contributed by atoms with van der Waals surface area (Å²) in [5.41, 5.74) is 7.13. The number of nitrogens with one attached hydrogen (secondary N) is 2. The van der Waals surface area contributed by atoms with Crippen molar-refractivity contribution in [1.82, 2.24) is 10.2 Å². The van der Waals surface area contributed by atoms with Crippen LogP contribution in [-0.4, -0.2) is 42.6 Å². The fourth-order valence-electron chi connectivity index (χ4n) is 1.73. The SMILES string of the molecule is CS(=O)(=O)CCC(N)C(=O)Nc1ccc2[nH]ncc2c1. The number of rotatable bonds is 5. The van der Waals surface area contributed by atoms with Crippen LogP contribution in [0.15, 0.2) is 24.4 Å². The molecule has 2 aromatic rings. The third kappa shape index (κ3) is 3.78. The first-order valence-electron chi connectivity index (χ1n) is 6.02. The van der Waals surface area contributed by atoms with Gasteiger partial charge in [0.05, 0.1) is 23.5 Å². The van der Waals surface area contributed by atoms with Gasteiger partial charge in [0.15, 0.2) is 0 Å². The predicted molar refractivity (Wildman–Crippen MR) is 77.0 cm³/mol. The van der Waals surface area contributed by atoms with Crippen LogP contribution >= 0.6 is 0 Å². The fraction of sp³-hybridized carbons (Fsp3) is 0.333. The van der Waals surface area contributed by atoms with E-state index in [-0.39, 0.29) is 12.2 Å². The Morgan fingerprint density at radius 1 is 1.50 bits per heavy atom. The van der Waals surface area contributed by atoms with Crippen molar-refractivity contribution >= 4 is 32.3 Å². The van der Waals surface area contributed by atoms with Crippen molar-refractivity contribution in [2.75, 3.05) is 17.3 Å². The molecule has 4 N–H and O–H groups in total. The minimum Gasteiger partial charge on any atom is -0.325 e. The lowest BCUT2D eigenvalue weighted by Crippen LogP contribution is -2.37. The zero-order valence-corrected chi connectivity index (χ0v) is 11.8. The quantitative estimate of drug-likeness (QED) is 0.731. The molecule has 0 aliphatic rings. The van der Waals surface area contributed by atoms with E-state index in [2.05, 4.69) is 15.5 Å². The average molecular weight is 296 g/mol. The molecule has 1 atom stereocenters. The van der Waals surface area contributed by atoms with Gasteiger partial charge in [-0.15, -0.1) is 0 Å². The van der Waals surface area contributed by atoms with Crippen LogP contribution in [0, 0.1) is 0 Å². The van der Waals surface area contributed by atoms with E-state index in [4.69, 9.17) is 5.73 Å². The number of aromatic nitrogens is 2. The number of hydrogen-bond acceptors (Lipinski definition) is 5. The van der Waals surface area contributed by atoms with Gasteiger partial charge in [0.2, 0.25) is 5.91 Å². The van der Waals surface area contributed by atoms with E-state index in [0.29, 0.717) is 5.69 Å². The summed E-state index contributed by atoms with van der Waals surface area (Å²) in [5, 5.41) is 10.2. The third-order valence-electron chi connectivity index (χ3n) is 2.84. The van der Waals surface area contributed by atoms with Crippen molar-refractivity contribution in [1.29, 1.82) is 0 Å². The summed E-state index contributed by atoms with van der Waals surface area (Å²) in [6, 6.07) is 4.42. The highest BCUT2D eigenvalue weighted by atomic mass is 32.2. The Labute approximate surface area is 116 Å². The highest BCUT2D eigenvalue weighted by Gasteiger charge is 2.16. The van der Waals surface area contributed by atoms with Gasteiger partial charge < -0.3 is 11.1 Å². The van der Waals surface area contributed by atoms with E-state index in [1.54, 1.807) is 24.4 Å². The minimum atomic E-state index is -3.12. The maximum Gasteiger partial charge on any atom is 0.241 e. The zero-order chi connectivity index (χ0) is 14.8. The van der Waals surface area contributed by atoms with Crippen LogP contribution in [0.25, 0.3) is 10.9 Å². The van der Waals surface area contributed by atoms with Crippen LogP contribution in [0.1, 0.15) is 6.42 Å². The van der Waals surface area contributed by atoms with E-state index < -0.39 is 21.8 Å². The van der Waals surface area contributed by atoms with E-state index >= 15 is 0 Å². The van der Waals surface area contributed by atoms with Crippen molar-refractivity contribution < 1.29 is 13.2 Å². The Bertz CT molecular complexity index is 723. The Balaban J connectivity index is 1.99. The molecule has 108 valence electrons. The second kappa shape index (κ2) is 5.59. The highest BCUT2D eigenvalue weighted by Crippen LogP contribution is 2.16. The number of nitrogens with two attached hydrogens (primary N) is 1. The lowest BCUT2D eigenvalue weighted by atomic mass is 10.2. The highest BCUT2D eigenvalue weighted by molar-refractivity contribution is 7.90. The van der Waals surface area contributed by atoms with Crippen LogP contribution in [-0.2, 0) is 14.6 Å². The largest absolute Gasteiger partial charge is 0.325 e. The summed E-state index contributed by atoms with van der Waals surface area (Å²) in [6.07, 6.45) is 2.86. The maximum absolute atomic E-state index is 11.8. The molecule has 0 saturated heterocycles. The topological polar surface area (TPSA) is 118 Å². The summed E-state index contributed by atoms with van der Waals surface area (Å²) in [4.78, 5) is 11.8. The number of fused-ring (bicyclic) bond motifs is 1. The van der Waals surface area contributed by atoms with Crippen molar-refractivity contribution in [2.24, 2.45) is 5.73 Å². The van der Waals surface area contributed by atoms with Crippen LogP contribution < -0.4 is 11.1 Å². The second-order valence-electron chi connectivity index (χ2n) is 4.69. The van der Waals surface area contributed by atoms with Crippen molar-refractivity contribution in [3.8, 4) is 0 Å². The number of aromatic amines is 1. The van der Waals surface area contributed by atoms with Crippen LogP contribution in [0.2, 0.25) is 0 Å². The monoisotopic (exact) mass is 296 g/mol.